The zero-order chi connectivity index (χ0) is 13.3. The van der Waals surface area contributed by atoms with Gasteiger partial charge in [0.05, 0.1) is 11.3 Å². The van der Waals surface area contributed by atoms with Gasteiger partial charge in [-0.3, -0.25) is 9.59 Å². The molecule has 5 heteroatoms. The van der Waals surface area contributed by atoms with Gasteiger partial charge in [-0.05, 0) is 12.5 Å². The molecule has 0 fully saturated rings. The number of nitrogens with zero attached hydrogens (tertiary/aromatic N) is 1. The van der Waals surface area contributed by atoms with Gasteiger partial charge >= 0.3 is 0 Å². The Morgan fingerprint density at radius 2 is 1.89 bits per heavy atom. The van der Waals surface area contributed by atoms with Crippen LogP contribution in [0.1, 0.15) is 36.5 Å². The van der Waals surface area contributed by atoms with Crippen LogP contribution in [0.2, 0.25) is 0 Å². The molecule has 1 aliphatic heterocycles. The Balaban J connectivity index is 2.35. The Labute approximate surface area is 103 Å². The Morgan fingerprint density at radius 3 is 2.56 bits per heavy atom. The minimum Gasteiger partial charge on any atom is -0.305 e. The van der Waals surface area contributed by atoms with Crippen LogP contribution in [0.5, 0.6) is 0 Å². The number of carbonyl (C=O) groups excluding carboxylic acids is 2. The van der Waals surface area contributed by atoms with Crippen LogP contribution in [0.15, 0.2) is 12.1 Å². The highest BCUT2D eigenvalue weighted by molar-refractivity contribution is 6.52. The van der Waals surface area contributed by atoms with Gasteiger partial charge in [0, 0.05) is 12.6 Å². The molecule has 18 heavy (non-hydrogen) atoms. The van der Waals surface area contributed by atoms with Gasteiger partial charge in [-0.15, -0.1) is 0 Å². The predicted molar refractivity (Wildman–Crippen MR) is 62.6 cm³/mol. The Bertz CT molecular complexity index is 514. The van der Waals surface area contributed by atoms with Crippen molar-refractivity contribution < 1.29 is 18.4 Å². The van der Waals surface area contributed by atoms with Crippen LogP contribution in [0, 0.1) is 11.6 Å². The molecule has 0 spiro atoms. The monoisotopic (exact) mass is 253 g/mol. The fourth-order valence-corrected chi connectivity index (χ4v) is 2.08. The highest BCUT2D eigenvalue weighted by Gasteiger charge is 2.38. The molecule has 0 N–H and O–H groups in total. The maximum Gasteiger partial charge on any atom is 0.299 e. The molecule has 0 bridgehead atoms. The van der Waals surface area contributed by atoms with E-state index in [2.05, 4.69) is 0 Å². The molecule has 0 aliphatic carbocycles. The SMILES string of the molecule is CCCCCN1C(=O)C(=O)c2c(F)cc(F)cc21. The molecular weight excluding hydrogens is 240 g/mol. The molecule has 0 saturated carbocycles. The maximum atomic E-state index is 13.5. The van der Waals surface area contributed by atoms with E-state index in [-0.39, 0.29) is 11.3 Å². The van der Waals surface area contributed by atoms with Crippen LogP contribution in [0.3, 0.4) is 0 Å². The second-order valence-corrected chi connectivity index (χ2v) is 4.27. The molecule has 3 nitrogen and oxygen atoms in total. The van der Waals surface area contributed by atoms with Crippen LogP contribution in [0.25, 0.3) is 0 Å². The summed E-state index contributed by atoms with van der Waals surface area (Å²) in [5, 5.41) is 0. The lowest BCUT2D eigenvalue weighted by atomic mass is 10.1. The van der Waals surface area contributed by atoms with E-state index in [1.54, 1.807) is 0 Å². The lowest BCUT2D eigenvalue weighted by molar-refractivity contribution is -0.114. The predicted octanol–water partition coefficient (Wildman–Crippen LogP) is 2.68. The first-order valence-corrected chi connectivity index (χ1v) is 5.91. The van der Waals surface area contributed by atoms with Gasteiger partial charge in [-0.1, -0.05) is 19.8 Å². The zero-order valence-corrected chi connectivity index (χ0v) is 10.0. The number of halogens is 2. The van der Waals surface area contributed by atoms with E-state index < -0.39 is 23.3 Å². The topological polar surface area (TPSA) is 37.4 Å². The third-order valence-corrected chi connectivity index (χ3v) is 2.98. The number of carbonyl (C=O) groups is 2. The minimum absolute atomic E-state index is 0.0543. The van der Waals surface area contributed by atoms with Crippen LogP contribution < -0.4 is 4.90 Å². The molecule has 0 unspecified atom stereocenters. The summed E-state index contributed by atoms with van der Waals surface area (Å²) in [7, 11) is 0. The van der Waals surface area contributed by atoms with Gasteiger partial charge in [0.2, 0.25) is 0 Å². The summed E-state index contributed by atoms with van der Waals surface area (Å²) < 4.78 is 26.6. The van der Waals surface area contributed by atoms with Gasteiger partial charge in [0.25, 0.3) is 11.7 Å². The minimum atomic E-state index is -0.971. The van der Waals surface area contributed by atoms with Crippen LogP contribution >= 0.6 is 0 Å². The molecule has 0 atom stereocenters. The molecule has 96 valence electrons. The van der Waals surface area contributed by atoms with Crippen molar-refractivity contribution in [1.82, 2.24) is 0 Å². The van der Waals surface area contributed by atoms with E-state index >= 15 is 0 Å². The van der Waals surface area contributed by atoms with Gasteiger partial charge in [0.1, 0.15) is 11.6 Å². The third-order valence-electron chi connectivity index (χ3n) is 2.98. The molecule has 1 amide bonds. The van der Waals surface area contributed by atoms with Crippen molar-refractivity contribution in [3.8, 4) is 0 Å². The smallest absolute Gasteiger partial charge is 0.299 e. The van der Waals surface area contributed by atoms with Gasteiger partial charge < -0.3 is 4.90 Å². The second kappa shape index (κ2) is 4.84. The highest BCUT2D eigenvalue weighted by atomic mass is 19.1. The molecule has 0 aromatic heterocycles. The lowest BCUT2D eigenvalue weighted by Crippen LogP contribution is -2.30. The lowest BCUT2D eigenvalue weighted by Gasteiger charge is -2.16. The number of Topliss-reactive ketones (excluding diaryl/α,β-unsaturated/α-hetero) is 1. The normalized spacial score (nSPS) is 14.3. The number of hydrogen-bond acceptors (Lipinski definition) is 2. The number of amides is 1. The zero-order valence-electron chi connectivity index (χ0n) is 10.0. The maximum absolute atomic E-state index is 13.5. The van der Waals surface area contributed by atoms with Crippen LogP contribution in [-0.2, 0) is 4.79 Å². The van der Waals surface area contributed by atoms with Gasteiger partial charge in [-0.2, -0.15) is 0 Å². The van der Waals surface area contributed by atoms with Crippen LogP contribution in [-0.4, -0.2) is 18.2 Å². The van der Waals surface area contributed by atoms with E-state index in [9.17, 15) is 18.4 Å². The summed E-state index contributed by atoms with van der Waals surface area (Å²) in [5.74, 6) is -3.42. The van der Waals surface area contributed by atoms with Crippen LogP contribution in [0.4, 0.5) is 14.5 Å². The first-order valence-electron chi connectivity index (χ1n) is 5.91. The molecule has 1 aliphatic rings. The van der Waals surface area contributed by atoms with E-state index in [1.165, 1.54) is 4.90 Å². The van der Waals surface area contributed by atoms with Crippen molar-refractivity contribution in [2.75, 3.05) is 11.4 Å². The summed E-state index contributed by atoms with van der Waals surface area (Å²) in [4.78, 5) is 24.5. The second-order valence-electron chi connectivity index (χ2n) is 4.27. The van der Waals surface area contributed by atoms with E-state index in [0.717, 1.165) is 18.9 Å². The summed E-state index contributed by atoms with van der Waals surface area (Å²) in [5.41, 5.74) is -0.253. The Hall–Kier alpha value is -1.78. The summed E-state index contributed by atoms with van der Waals surface area (Å²) in [6.07, 6.45) is 2.55. The largest absolute Gasteiger partial charge is 0.305 e. The molecular formula is C13H13F2NO2. The standard InChI is InChI=1S/C13H13F2NO2/c1-2-3-4-5-16-10-7-8(14)6-9(15)11(10)12(17)13(16)18/h6-7H,2-5H2,1H3. The number of ketones is 1. The third kappa shape index (κ3) is 2.00. The van der Waals surface area contributed by atoms with Crippen molar-refractivity contribution in [3.05, 3.63) is 29.3 Å². The Kier molecular flexibility index (Phi) is 3.41. The number of benzene rings is 1. The molecule has 0 saturated heterocycles. The number of unbranched alkanes of at least 4 members (excludes halogenated alkanes) is 2. The van der Waals surface area contributed by atoms with Crippen molar-refractivity contribution in [1.29, 1.82) is 0 Å². The molecule has 0 radical (unpaired) electrons. The number of rotatable bonds is 4. The number of fused-ring (bicyclic) bond motifs is 1. The van der Waals surface area contributed by atoms with E-state index in [4.69, 9.17) is 0 Å². The first kappa shape index (κ1) is 12.7. The molecule has 1 aromatic rings. The summed E-state index contributed by atoms with van der Waals surface area (Å²) >= 11 is 0. The molecule has 1 aromatic carbocycles. The summed E-state index contributed by atoms with van der Waals surface area (Å²) in [6, 6.07) is 1.66. The quantitative estimate of drug-likeness (QED) is 0.611. The van der Waals surface area contributed by atoms with Gasteiger partial charge in [-0.25, -0.2) is 8.78 Å². The number of anilines is 1. The average molecular weight is 253 g/mol. The highest BCUT2D eigenvalue weighted by Crippen LogP contribution is 2.32. The first-order chi connectivity index (χ1) is 8.56. The van der Waals surface area contributed by atoms with E-state index in [1.807, 2.05) is 6.92 Å². The average Bonchev–Trinajstić information content (AvgIpc) is 2.54. The van der Waals surface area contributed by atoms with Gasteiger partial charge in [0.15, 0.2) is 0 Å². The van der Waals surface area contributed by atoms with Crippen molar-refractivity contribution in [3.63, 3.8) is 0 Å². The Morgan fingerprint density at radius 1 is 1.17 bits per heavy atom. The fourth-order valence-electron chi connectivity index (χ4n) is 2.08. The molecule has 2 rings (SSSR count). The fraction of sp³-hybridized carbons (Fsp3) is 0.385. The molecule has 1 heterocycles. The number of hydrogen-bond donors (Lipinski definition) is 0. The van der Waals surface area contributed by atoms with Crippen molar-refractivity contribution >= 4 is 17.4 Å². The van der Waals surface area contributed by atoms with E-state index in [0.29, 0.717) is 19.0 Å². The van der Waals surface area contributed by atoms with Crippen molar-refractivity contribution in [2.45, 2.75) is 26.2 Å². The summed E-state index contributed by atoms with van der Waals surface area (Å²) in [6.45, 7) is 2.32. The van der Waals surface area contributed by atoms with Crippen molar-refractivity contribution in [2.24, 2.45) is 0 Å².